The van der Waals surface area contributed by atoms with Gasteiger partial charge in [-0.3, -0.25) is 25.6 Å². The molecule has 3 fully saturated rings. The summed E-state index contributed by atoms with van der Waals surface area (Å²) < 4.78 is 20.7. The predicted octanol–water partition coefficient (Wildman–Crippen LogP) is 1.15. The van der Waals surface area contributed by atoms with Gasteiger partial charge in [0.2, 0.25) is 11.8 Å². The Morgan fingerprint density at radius 1 is 1.12 bits per heavy atom. The van der Waals surface area contributed by atoms with E-state index in [1.165, 1.54) is 26.4 Å². The van der Waals surface area contributed by atoms with Gasteiger partial charge in [0.25, 0.3) is 0 Å². The zero-order valence-corrected chi connectivity index (χ0v) is 19.3. The fourth-order valence-electron chi connectivity index (χ4n) is 4.94. The minimum absolute atomic E-state index is 0.175. The minimum atomic E-state index is -0.645. The fraction of sp³-hybridized carbons (Fsp3) is 0.652. The first-order valence-electron chi connectivity index (χ1n) is 11.9. The second-order valence-electron chi connectivity index (χ2n) is 9.22. The molecule has 3 saturated heterocycles. The number of carbonyl (C=O) groups excluding carboxylic acids is 2. The minimum Gasteiger partial charge on any atom is -0.492 e. The molecule has 0 saturated carbocycles. The number of piperazine rings is 1. The highest BCUT2D eigenvalue weighted by atomic mass is 19.1. The molecule has 4 N–H and O–H groups in total. The number of amides is 2. The molecular formula is C23H35FN6O3. The Hall–Kier alpha value is -2.43. The Morgan fingerprint density at radius 3 is 2.52 bits per heavy atom. The highest BCUT2D eigenvalue weighted by Crippen LogP contribution is 2.36. The number of ether oxygens (including phenoxy) is 1. The summed E-state index contributed by atoms with van der Waals surface area (Å²) in [6.45, 7) is 6.52. The molecule has 0 radical (unpaired) electrons. The Bertz CT molecular complexity index is 853. The number of anilines is 2. The number of hydrazine groups is 1. The number of piperidine rings is 2. The maximum absolute atomic E-state index is 15.2. The van der Waals surface area contributed by atoms with Gasteiger partial charge in [-0.1, -0.05) is 0 Å². The Balaban J connectivity index is 1.33. The number of hydrogen-bond donors (Lipinski definition) is 3. The van der Waals surface area contributed by atoms with Crippen molar-refractivity contribution in [3.63, 3.8) is 0 Å². The summed E-state index contributed by atoms with van der Waals surface area (Å²) in [5.41, 5.74) is 0.922. The molecule has 10 heteroatoms. The highest BCUT2D eigenvalue weighted by Gasteiger charge is 2.29. The monoisotopic (exact) mass is 462 g/mol. The van der Waals surface area contributed by atoms with Crippen molar-refractivity contribution in [1.82, 2.24) is 15.2 Å². The molecule has 3 heterocycles. The number of halogens is 1. The molecule has 9 nitrogen and oxygen atoms in total. The van der Waals surface area contributed by atoms with E-state index in [2.05, 4.69) is 20.4 Å². The zero-order valence-electron chi connectivity index (χ0n) is 19.3. The van der Waals surface area contributed by atoms with Gasteiger partial charge in [-0.15, -0.1) is 0 Å². The zero-order chi connectivity index (χ0) is 23.4. The third-order valence-corrected chi connectivity index (χ3v) is 7.07. The van der Waals surface area contributed by atoms with Crippen LogP contribution in [-0.4, -0.2) is 80.7 Å². The van der Waals surface area contributed by atoms with Crippen molar-refractivity contribution in [1.29, 1.82) is 0 Å². The van der Waals surface area contributed by atoms with E-state index in [0.717, 1.165) is 57.4 Å². The van der Waals surface area contributed by atoms with Crippen LogP contribution in [0.3, 0.4) is 0 Å². The van der Waals surface area contributed by atoms with Gasteiger partial charge in [-0.05, 0) is 50.3 Å². The van der Waals surface area contributed by atoms with Gasteiger partial charge in [-0.2, -0.15) is 0 Å². The lowest BCUT2D eigenvalue weighted by atomic mass is 9.94. The van der Waals surface area contributed by atoms with Crippen molar-refractivity contribution < 1.29 is 18.7 Å². The number of imide groups is 1. The summed E-state index contributed by atoms with van der Waals surface area (Å²) >= 11 is 0. The molecular weight excluding hydrogens is 427 g/mol. The maximum Gasteiger partial charge on any atom is 0.249 e. The summed E-state index contributed by atoms with van der Waals surface area (Å²) in [6, 6.07) is 2.84. The standard InChI is InChI=1S/C23H35FN6O3/c1-33-22-19(4-2-17(21(22)24)26-18-3-5-20(31)27-23(18)32)29-14-12-28(13-15-29)9-6-16-7-10-30(25)11-8-16/h2,4,16,18,26H,3,5-15,25H2,1H3,(H,27,31,32). The molecule has 33 heavy (non-hydrogen) atoms. The van der Waals surface area contributed by atoms with Gasteiger partial charge in [0.05, 0.1) is 18.5 Å². The number of hydrogen-bond acceptors (Lipinski definition) is 8. The molecule has 3 aliphatic heterocycles. The average Bonchev–Trinajstić information content (AvgIpc) is 2.82. The molecule has 0 aromatic heterocycles. The average molecular weight is 463 g/mol. The second-order valence-corrected chi connectivity index (χ2v) is 9.22. The van der Waals surface area contributed by atoms with Crippen LogP contribution in [0.2, 0.25) is 0 Å². The van der Waals surface area contributed by atoms with Crippen LogP contribution < -0.4 is 26.1 Å². The van der Waals surface area contributed by atoms with E-state index in [1.807, 2.05) is 11.1 Å². The summed E-state index contributed by atoms with van der Waals surface area (Å²) in [7, 11) is 1.46. The van der Waals surface area contributed by atoms with Crippen molar-refractivity contribution in [2.75, 3.05) is 63.1 Å². The van der Waals surface area contributed by atoms with Crippen molar-refractivity contribution in [3.05, 3.63) is 17.9 Å². The van der Waals surface area contributed by atoms with E-state index in [1.54, 1.807) is 6.07 Å². The smallest absolute Gasteiger partial charge is 0.249 e. The van der Waals surface area contributed by atoms with Crippen molar-refractivity contribution in [2.24, 2.45) is 11.8 Å². The van der Waals surface area contributed by atoms with Crippen LogP contribution in [0, 0.1) is 11.7 Å². The van der Waals surface area contributed by atoms with Gasteiger partial charge < -0.3 is 15.0 Å². The first-order valence-corrected chi connectivity index (χ1v) is 11.9. The first kappa shape index (κ1) is 23.7. The van der Waals surface area contributed by atoms with E-state index in [4.69, 9.17) is 10.6 Å². The van der Waals surface area contributed by atoms with Crippen LogP contribution in [0.1, 0.15) is 32.1 Å². The number of methoxy groups -OCH3 is 1. The number of nitrogens with two attached hydrogens (primary N) is 1. The third-order valence-electron chi connectivity index (χ3n) is 7.07. The quantitative estimate of drug-likeness (QED) is 0.410. The van der Waals surface area contributed by atoms with Gasteiger partial charge in [0.1, 0.15) is 6.04 Å². The summed E-state index contributed by atoms with van der Waals surface area (Å²) in [5, 5.41) is 7.12. The lowest BCUT2D eigenvalue weighted by Crippen LogP contribution is -2.48. The van der Waals surface area contributed by atoms with Crippen LogP contribution in [0.5, 0.6) is 5.75 Å². The summed E-state index contributed by atoms with van der Waals surface area (Å²) in [4.78, 5) is 28.0. The Kier molecular flexibility index (Phi) is 7.67. The fourth-order valence-corrected chi connectivity index (χ4v) is 4.94. The van der Waals surface area contributed by atoms with E-state index in [0.29, 0.717) is 6.42 Å². The maximum atomic E-state index is 15.2. The predicted molar refractivity (Wildman–Crippen MR) is 125 cm³/mol. The first-order chi connectivity index (χ1) is 15.9. The Morgan fingerprint density at radius 2 is 1.85 bits per heavy atom. The van der Waals surface area contributed by atoms with Crippen LogP contribution in [-0.2, 0) is 9.59 Å². The van der Waals surface area contributed by atoms with Crippen LogP contribution in [0.15, 0.2) is 12.1 Å². The van der Waals surface area contributed by atoms with Crippen LogP contribution in [0.4, 0.5) is 15.8 Å². The number of rotatable bonds is 7. The van der Waals surface area contributed by atoms with E-state index >= 15 is 4.39 Å². The van der Waals surface area contributed by atoms with Crippen LogP contribution in [0.25, 0.3) is 0 Å². The molecule has 1 aromatic rings. The molecule has 0 spiro atoms. The van der Waals surface area contributed by atoms with E-state index < -0.39 is 17.8 Å². The lowest BCUT2D eigenvalue weighted by molar-refractivity contribution is -0.133. The number of carbonyl (C=O) groups is 2. The van der Waals surface area contributed by atoms with E-state index in [9.17, 15) is 9.59 Å². The molecule has 1 unspecified atom stereocenters. The lowest BCUT2D eigenvalue weighted by Gasteiger charge is -2.38. The molecule has 0 bridgehead atoms. The van der Waals surface area contributed by atoms with Crippen LogP contribution >= 0.6 is 0 Å². The molecule has 1 atom stereocenters. The number of nitrogens with zero attached hydrogens (tertiary/aromatic N) is 3. The molecule has 1 aromatic carbocycles. The highest BCUT2D eigenvalue weighted by molar-refractivity contribution is 6.01. The Labute approximate surface area is 194 Å². The SMILES string of the molecule is COc1c(N2CCN(CCC3CCN(N)CC3)CC2)ccc(NC2CCC(=O)NC2=O)c1F. The normalized spacial score (nSPS) is 23.5. The van der Waals surface area contributed by atoms with Gasteiger partial charge in [-0.25, -0.2) is 9.40 Å². The molecule has 4 rings (SSSR count). The number of nitrogens with one attached hydrogen (secondary N) is 2. The molecule has 3 aliphatic rings. The van der Waals surface area contributed by atoms with Gasteiger partial charge in [0.15, 0.2) is 11.6 Å². The number of benzene rings is 1. The topological polar surface area (TPSA) is 103 Å². The van der Waals surface area contributed by atoms with Crippen molar-refractivity contribution >= 4 is 23.2 Å². The third kappa shape index (κ3) is 5.74. The van der Waals surface area contributed by atoms with E-state index in [-0.39, 0.29) is 23.8 Å². The van der Waals surface area contributed by atoms with Gasteiger partial charge >= 0.3 is 0 Å². The largest absolute Gasteiger partial charge is 0.492 e. The van der Waals surface area contributed by atoms with Crippen molar-refractivity contribution in [2.45, 2.75) is 38.1 Å². The van der Waals surface area contributed by atoms with Crippen molar-refractivity contribution in [3.8, 4) is 5.75 Å². The van der Waals surface area contributed by atoms with Gasteiger partial charge in [0, 0.05) is 45.7 Å². The molecule has 0 aliphatic carbocycles. The molecule has 182 valence electrons. The summed E-state index contributed by atoms with van der Waals surface area (Å²) in [6.07, 6.45) is 4.11. The summed E-state index contributed by atoms with van der Waals surface area (Å²) in [5.74, 6) is 5.53. The molecule has 2 amide bonds. The second kappa shape index (κ2) is 10.7.